The number of nitrogens with one attached hydrogen (secondary N) is 2. The number of pyridine rings is 1. The summed E-state index contributed by atoms with van der Waals surface area (Å²) in [5.74, 6) is -1.77. The Morgan fingerprint density at radius 1 is 1.19 bits per heavy atom. The number of carbonyl (C=O) groups is 2. The van der Waals surface area contributed by atoms with Crippen LogP contribution in [0, 0.1) is 0 Å². The van der Waals surface area contributed by atoms with Crippen molar-refractivity contribution in [2.24, 2.45) is 0 Å². The van der Waals surface area contributed by atoms with Crippen LogP contribution in [0.25, 0.3) is 21.3 Å². The van der Waals surface area contributed by atoms with E-state index in [1.807, 2.05) is 0 Å². The van der Waals surface area contributed by atoms with Crippen molar-refractivity contribution in [3.8, 4) is 11.1 Å². The van der Waals surface area contributed by atoms with Gasteiger partial charge >= 0.3 is 6.18 Å². The number of ether oxygens (including phenoxy) is 1. The molecule has 0 aliphatic heterocycles. The van der Waals surface area contributed by atoms with Crippen molar-refractivity contribution >= 4 is 43.2 Å². The topological polar surface area (TPSA) is 127 Å². The van der Waals surface area contributed by atoms with E-state index in [4.69, 9.17) is 4.74 Å². The second-order valence-corrected chi connectivity index (χ2v) is 11.7. The van der Waals surface area contributed by atoms with Crippen molar-refractivity contribution in [1.29, 1.82) is 0 Å². The van der Waals surface area contributed by atoms with Crippen molar-refractivity contribution in [2.75, 3.05) is 26.0 Å². The van der Waals surface area contributed by atoms with Gasteiger partial charge in [-0.05, 0) is 48.2 Å². The average molecular weight is 557 g/mol. The van der Waals surface area contributed by atoms with Crippen molar-refractivity contribution in [3.05, 3.63) is 47.2 Å². The smallest absolute Gasteiger partial charge is 0.384 e. The van der Waals surface area contributed by atoms with Gasteiger partial charge in [0.1, 0.15) is 10.7 Å². The molecule has 0 saturated heterocycles. The normalized spacial score (nSPS) is 14.9. The number of sulfone groups is 1. The van der Waals surface area contributed by atoms with E-state index in [0.29, 0.717) is 15.8 Å². The Labute approximate surface area is 214 Å². The third-order valence-electron chi connectivity index (χ3n) is 5.55. The van der Waals surface area contributed by atoms with E-state index in [1.165, 1.54) is 19.2 Å². The van der Waals surface area contributed by atoms with Gasteiger partial charge in [0.2, 0.25) is 11.8 Å². The molecule has 2 heterocycles. The van der Waals surface area contributed by atoms with Gasteiger partial charge in [-0.25, -0.2) is 13.4 Å². The first kappa shape index (κ1) is 26.9. The number of hydrogen-bond acceptors (Lipinski definition) is 8. The molecule has 0 spiro atoms. The predicted octanol–water partition coefficient (Wildman–Crippen LogP) is 2.87. The van der Waals surface area contributed by atoms with Gasteiger partial charge in [-0.15, -0.1) is 11.3 Å². The summed E-state index contributed by atoms with van der Waals surface area (Å²) >= 11 is 0.975. The van der Waals surface area contributed by atoms with Crippen molar-refractivity contribution in [2.45, 2.75) is 30.3 Å². The minimum absolute atomic E-state index is 0.0194. The summed E-state index contributed by atoms with van der Waals surface area (Å²) in [6.07, 6.45) is -1.84. The fraction of sp³-hybridized carbons (Fsp3) is 0.391. The van der Waals surface area contributed by atoms with E-state index in [1.54, 1.807) is 12.1 Å². The Hall–Kier alpha value is -3.10. The van der Waals surface area contributed by atoms with Gasteiger partial charge in [0.25, 0.3) is 0 Å². The summed E-state index contributed by atoms with van der Waals surface area (Å²) in [4.78, 5) is 32.7. The maximum absolute atomic E-state index is 13.1. The van der Waals surface area contributed by atoms with E-state index in [9.17, 15) is 31.2 Å². The first-order valence-corrected chi connectivity index (χ1v) is 13.7. The Kier molecular flexibility index (Phi) is 7.80. The average Bonchev–Trinajstić information content (AvgIpc) is 3.56. The lowest BCUT2D eigenvalue weighted by Crippen LogP contribution is -2.41. The van der Waals surface area contributed by atoms with Crippen LogP contribution in [-0.2, 0) is 30.3 Å². The van der Waals surface area contributed by atoms with Crippen LogP contribution >= 0.6 is 11.3 Å². The van der Waals surface area contributed by atoms with Crippen LogP contribution in [-0.4, -0.2) is 62.3 Å². The van der Waals surface area contributed by atoms with Crippen LogP contribution < -0.4 is 10.6 Å². The van der Waals surface area contributed by atoms with Crippen LogP contribution in [0.1, 0.15) is 28.8 Å². The van der Waals surface area contributed by atoms with Gasteiger partial charge in [-0.1, -0.05) is 6.07 Å². The van der Waals surface area contributed by atoms with Crippen LogP contribution in [0.5, 0.6) is 0 Å². The maximum atomic E-state index is 13.1. The molecule has 1 fully saturated rings. The number of amides is 2. The molecule has 14 heteroatoms. The van der Waals surface area contributed by atoms with Gasteiger partial charge in [-0.2, -0.15) is 13.2 Å². The molecule has 37 heavy (non-hydrogen) atoms. The fourth-order valence-electron chi connectivity index (χ4n) is 3.51. The highest BCUT2D eigenvalue weighted by Gasteiger charge is 2.37. The summed E-state index contributed by atoms with van der Waals surface area (Å²) in [5.41, 5.74) is -0.0652. The molecule has 3 aromatic rings. The van der Waals surface area contributed by atoms with Crippen molar-refractivity contribution in [1.82, 2.24) is 20.6 Å². The van der Waals surface area contributed by atoms with E-state index in [2.05, 4.69) is 20.6 Å². The lowest BCUT2D eigenvalue weighted by Gasteiger charge is -2.15. The molecule has 1 aliphatic carbocycles. The van der Waals surface area contributed by atoms with Gasteiger partial charge in [0, 0.05) is 19.3 Å². The Balaban J connectivity index is 1.64. The summed E-state index contributed by atoms with van der Waals surface area (Å²) < 4.78 is 70.8. The van der Waals surface area contributed by atoms with Gasteiger partial charge in [0.15, 0.2) is 15.1 Å². The fourth-order valence-corrected chi connectivity index (χ4v) is 6.43. The number of carbonyl (C=O) groups excluding carboxylic acids is 2. The Morgan fingerprint density at radius 3 is 2.59 bits per heavy atom. The number of nitrogens with zero attached hydrogens (tertiary/aromatic N) is 2. The van der Waals surface area contributed by atoms with Crippen LogP contribution in [0.4, 0.5) is 13.2 Å². The highest BCUT2D eigenvalue weighted by molar-refractivity contribution is 7.92. The monoisotopic (exact) mass is 556 g/mol. The lowest BCUT2D eigenvalue weighted by molar-refractivity contribution is -0.141. The number of rotatable bonds is 10. The number of alkyl halides is 3. The lowest BCUT2D eigenvalue weighted by atomic mass is 10.1. The Bertz CT molecular complexity index is 1420. The number of fused-ring (bicyclic) bond motifs is 1. The van der Waals surface area contributed by atoms with Gasteiger partial charge in [0.05, 0.1) is 29.1 Å². The molecule has 2 aromatic heterocycles. The van der Waals surface area contributed by atoms with E-state index >= 15 is 0 Å². The highest BCUT2D eigenvalue weighted by atomic mass is 32.2. The second-order valence-electron chi connectivity index (χ2n) is 8.46. The van der Waals surface area contributed by atoms with Crippen LogP contribution in [0.15, 0.2) is 36.5 Å². The molecule has 4 rings (SSSR count). The van der Waals surface area contributed by atoms with E-state index in [-0.39, 0.29) is 29.8 Å². The standard InChI is InChI=1S/C23H23F3N4O5S2/c1-35-8-9-37(33,34)20(21(32)28-12-19(31)29-15-3-4-15)22-30-16-10-13(2-5-17(16)36-22)14-6-7-27-18(11-14)23(24,25)26/h2,5-7,10-11,15,20H,3-4,8-9,12H2,1H3,(H,28,32)(H,29,31). The molecule has 0 bridgehead atoms. The number of thiazole rings is 1. The molecule has 2 N–H and O–H groups in total. The maximum Gasteiger partial charge on any atom is 0.433 e. The minimum atomic E-state index is -4.61. The van der Waals surface area contributed by atoms with E-state index in [0.717, 1.165) is 36.4 Å². The van der Waals surface area contributed by atoms with Crippen LogP contribution in [0.3, 0.4) is 0 Å². The van der Waals surface area contributed by atoms with Gasteiger partial charge < -0.3 is 15.4 Å². The number of benzene rings is 1. The summed E-state index contributed by atoms with van der Waals surface area (Å²) in [6, 6.07) is 7.10. The molecule has 0 radical (unpaired) electrons. The molecule has 1 aromatic carbocycles. The number of methoxy groups -OCH3 is 1. The second kappa shape index (κ2) is 10.7. The molecule has 1 atom stereocenters. The SMILES string of the molecule is COCCS(=O)(=O)C(C(=O)NCC(=O)NC1CC1)c1nc2cc(-c3ccnc(C(F)(F)F)c3)ccc2s1. The third kappa shape index (κ3) is 6.62. The minimum Gasteiger partial charge on any atom is -0.384 e. The molecular formula is C23H23F3N4O5S2. The molecule has 1 aliphatic rings. The zero-order valence-electron chi connectivity index (χ0n) is 19.5. The molecule has 2 amide bonds. The first-order valence-electron chi connectivity index (χ1n) is 11.2. The van der Waals surface area contributed by atoms with Crippen molar-refractivity contribution in [3.63, 3.8) is 0 Å². The zero-order valence-corrected chi connectivity index (χ0v) is 21.2. The third-order valence-corrected chi connectivity index (χ3v) is 8.69. The van der Waals surface area contributed by atoms with Crippen molar-refractivity contribution < 1.29 is 35.9 Å². The largest absolute Gasteiger partial charge is 0.433 e. The quantitative estimate of drug-likeness (QED) is 0.393. The van der Waals surface area contributed by atoms with E-state index < -0.39 is 44.5 Å². The van der Waals surface area contributed by atoms with Gasteiger partial charge in [-0.3, -0.25) is 14.6 Å². The molecule has 1 saturated carbocycles. The highest BCUT2D eigenvalue weighted by Crippen LogP contribution is 2.35. The molecule has 9 nitrogen and oxygen atoms in total. The molecule has 198 valence electrons. The zero-order chi connectivity index (χ0) is 26.8. The number of halogens is 3. The number of hydrogen-bond donors (Lipinski definition) is 2. The predicted molar refractivity (Wildman–Crippen MR) is 130 cm³/mol. The molecule has 1 unspecified atom stereocenters. The van der Waals surface area contributed by atoms with Crippen LogP contribution in [0.2, 0.25) is 0 Å². The number of aromatic nitrogens is 2. The molecular weight excluding hydrogens is 533 g/mol. The summed E-state index contributed by atoms with van der Waals surface area (Å²) in [7, 11) is -2.75. The Morgan fingerprint density at radius 2 is 1.92 bits per heavy atom. The summed E-state index contributed by atoms with van der Waals surface area (Å²) in [5, 5.41) is 3.38. The first-order chi connectivity index (χ1) is 17.5. The summed E-state index contributed by atoms with van der Waals surface area (Å²) in [6.45, 7) is -0.531.